The SMILES string of the molecule is CCC/C=C1\OC(=O)C2=C[C@@H]3CC[C@@]21[C@H]1C2=C(CC[C@@H]31)C(=CCCC1CCCC1)OC2=O. The average Bonchev–Trinajstić information content (AvgIpc) is 3.51. The number of fused-ring (bicyclic) bond motifs is 1. The summed E-state index contributed by atoms with van der Waals surface area (Å²) in [6.45, 7) is 2.14. The van der Waals surface area contributed by atoms with Gasteiger partial charge in [-0.3, -0.25) is 0 Å². The predicted octanol–water partition coefficient (Wildman–Crippen LogP) is 6.30. The Balaban J connectivity index is 1.38. The quantitative estimate of drug-likeness (QED) is 0.477. The molecular formula is C28H34O4. The molecule has 170 valence electrons. The third-order valence-electron chi connectivity index (χ3n) is 9.19. The highest BCUT2D eigenvalue weighted by atomic mass is 16.5. The lowest BCUT2D eigenvalue weighted by Gasteiger charge is -2.54. The highest BCUT2D eigenvalue weighted by molar-refractivity contribution is 5.99. The Morgan fingerprint density at radius 2 is 1.88 bits per heavy atom. The van der Waals surface area contributed by atoms with Crippen LogP contribution in [0, 0.1) is 29.1 Å². The van der Waals surface area contributed by atoms with E-state index in [0.29, 0.717) is 11.8 Å². The summed E-state index contributed by atoms with van der Waals surface area (Å²) in [4.78, 5) is 26.1. The van der Waals surface area contributed by atoms with Gasteiger partial charge in [0.25, 0.3) is 0 Å². The first-order valence-electron chi connectivity index (χ1n) is 12.9. The lowest BCUT2D eigenvalue weighted by molar-refractivity contribution is -0.135. The minimum Gasteiger partial charge on any atom is -0.427 e. The smallest absolute Gasteiger partial charge is 0.340 e. The van der Waals surface area contributed by atoms with Crippen molar-refractivity contribution in [3.63, 3.8) is 0 Å². The van der Waals surface area contributed by atoms with Crippen LogP contribution in [-0.2, 0) is 19.1 Å². The van der Waals surface area contributed by atoms with Crippen molar-refractivity contribution in [3.05, 3.63) is 46.5 Å². The third-order valence-corrected chi connectivity index (χ3v) is 9.19. The molecule has 32 heavy (non-hydrogen) atoms. The van der Waals surface area contributed by atoms with Crippen molar-refractivity contribution in [3.8, 4) is 0 Å². The van der Waals surface area contributed by atoms with Gasteiger partial charge in [0.05, 0.1) is 5.41 Å². The van der Waals surface area contributed by atoms with E-state index in [4.69, 9.17) is 9.47 Å². The maximum absolute atomic E-state index is 13.3. The Hall–Kier alpha value is -2.10. The summed E-state index contributed by atoms with van der Waals surface area (Å²) in [7, 11) is 0. The Bertz CT molecular complexity index is 973. The largest absolute Gasteiger partial charge is 0.427 e. The molecule has 2 aliphatic heterocycles. The third kappa shape index (κ3) is 2.87. The summed E-state index contributed by atoms with van der Waals surface area (Å²) in [5, 5.41) is 0. The minimum absolute atomic E-state index is 0.0211. The number of rotatable bonds is 5. The molecule has 0 aromatic heterocycles. The highest BCUT2D eigenvalue weighted by Crippen LogP contribution is 2.68. The predicted molar refractivity (Wildman–Crippen MR) is 121 cm³/mol. The fraction of sp³-hybridized carbons (Fsp3) is 0.643. The Kier molecular flexibility index (Phi) is 4.96. The van der Waals surface area contributed by atoms with E-state index >= 15 is 0 Å². The van der Waals surface area contributed by atoms with Gasteiger partial charge in [-0.25, -0.2) is 9.59 Å². The van der Waals surface area contributed by atoms with E-state index in [-0.39, 0.29) is 17.9 Å². The molecule has 4 heteroatoms. The Morgan fingerprint density at radius 1 is 1.03 bits per heavy atom. The van der Waals surface area contributed by atoms with E-state index in [2.05, 4.69) is 25.2 Å². The molecule has 2 saturated carbocycles. The van der Waals surface area contributed by atoms with Crippen LogP contribution in [0.5, 0.6) is 0 Å². The van der Waals surface area contributed by atoms with Crippen molar-refractivity contribution in [2.24, 2.45) is 29.1 Å². The molecule has 1 spiro atoms. The first-order chi connectivity index (χ1) is 15.6. The summed E-state index contributed by atoms with van der Waals surface area (Å²) in [6, 6.07) is 0. The van der Waals surface area contributed by atoms with Gasteiger partial charge in [-0.2, -0.15) is 0 Å². The van der Waals surface area contributed by atoms with Crippen molar-refractivity contribution in [2.45, 2.75) is 84.0 Å². The molecule has 0 aromatic rings. The normalized spacial score (nSPS) is 38.2. The second-order valence-electron chi connectivity index (χ2n) is 10.8. The van der Waals surface area contributed by atoms with Gasteiger partial charge in [-0.15, -0.1) is 0 Å². The molecule has 0 radical (unpaired) electrons. The number of allylic oxidation sites excluding steroid dienone is 5. The molecular weight excluding hydrogens is 400 g/mol. The summed E-state index contributed by atoms with van der Waals surface area (Å²) in [5.74, 6) is 2.88. The van der Waals surface area contributed by atoms with Crippen molar-refractivity contribution >= 4 is 11.9 Å². The number of hydrogen-bond donors (Lipinski definition) is 0. The van der Waals surface area contributed by atoms with E-state index in [1.165, 1.54) is 32.1 Å². The molecule has 0 N–H and O–H groups in total. The number of unbranched alkanes of at least 4 members (excludes halogenated alkanes) is 1. The number of carbonyl (C=O) groups is 2. The molecule has 5 aliphatic carbocycles. The zero-order valence-electron chi connectivity index (χ0n) is 19.2. The molecule has 0 unspecified atom stereocenters. The van der Waals surface area contributed by atoms with Crippen LogP contribution in [0.2, 0.25) is 0 Å². The van der Waals surface area contributed by atoms with Crippen LogP contribution < -0.4 is 0 Å². The number of esters is 2. The van der Waals surface area contributed by atoms with Crippen LogP contribution in [0.4, 0.5) is 0 Å². The van der Waals surface area contributed by atoms with Crippen molar-refractivity contribution < 1.29 is 19.1 Å². The van der Waals surface area contributed by atoms with Gasteiger partial charge in [0, 0.05) is 22.6 Å². The molecule has 4 atom stereocenters. The van der Waals surface area contributed by atoms with E-state index < -0.39 is 5.41 Å². The topological polar surface area (TPSA) is 52.6 Å². The summed E-state index contributed by atoms with van der Waals surface area (Å²) in [6.07, 6.45) is 20.0. The first-order valence-corrected chi connectivity index (χ1v) is 12.9. The highest BCUT2D eigenvalue weighted by Gasteiger charge is 2.66. The van der Waals surface area contributed by atoms with Gasteiger partial charge in [0.2, 0.25) is 0 Å². The van der Waals surface area contributed by atoms with E-state index in [9.17, 15) is 9.59 Å². The molecule has 7 aliphatic rings. The van der Waals surface area contributed by atoms with Gasteiger partial charge in [0.1, 0.15) is 11.5 Å². The van der Waals surface area contributed by atoms with Crippen molar-refractivity contribution in [2.75, 3.05) is 0 Å². The molecule has 7 rings (SSSR count). The van der Waals surface area contributed by atoms with Crippen molar-refractivity contribution in [1.82, 2.24) is 0 Å². The van der Waals surface area contributed by atoms with Crippen LogP contribution in [-0.4, -0.2) is 11.9 Å². The maximum Gasteiger partial charge on any atom is 0.340 e. The summed E-state index contributed by atoms with van der Waals surface area (Å²) < 4.78 is 11.8. The van der Waals surface area contributed by atoms with Crippen molar-refractivity contribution in [1.29, 1.82) is 0 Å². The zero-order chi connectivity index (χ0) is 21.9. The Labute approximate surface area is 190 Å². The van der Waals surface area contributed by atoms with Crippen LogP contribution >= 0.6 is 0 Å². The van der Waals surface area contributed by atoms with Gasteiger partial charge in [-0.1, -0.05) is 45.1 Å². The summed E-state index contributed by atoms with van der Waals surface area (Å²) in [5.41, 5.74) is 2.35. The van der Waals surface area contributed by atoms with Crippen LogP contribution in [0.25, 0.3) is 0 Å². The van der Waals surface area contributed by atoms with Crippen LogP contribution in [0.1, 0.15) is 84.0 Å². The molecule has 0 aromatic carbocycles. The molecule has 3 fully saturated rings. The van der Waals surface area contributed by atoms with E-state index in [1.54, 1.807) is 0 Å². The second-order valence-corrected chi connectivity index (χ2v) is 10.8. The fourth-order valence-corrected chi connectivity index (χ4v) is 7.76. The van der Waals surface area contributed by atoms with Crippen LogP contribution in [0.3, 0.4) is 0 Å². The molecule has 1 saturated heterocycles. The monoisotopic (exact) mass is 434 g/mol. The molecule has 4 nitrogen and oxygen atoms in total. The average molecular weight is 435 g/mol. The minimum atomic E-state index is -0.453. The zero-order valence-corrected chi connectivity index (χ0v) is 19.2. The standard InChI is InChI=1S/C28H34O4/c1-2-3-11-23-28-15-14-18(16-21(28)26(29)32-23)19-12-13-20-22(31-27(30)24(20)25(19)28)10-6-9-17-7-4-5-8-17/h10-11,16-19,25H,2-9,12-15H2,1H3/b22-10?,23-11-/t18-,19-,25+,28+/m0/s1. The first kappa shape index (κ1) is 20.5. The second kappa shape index (κ2) is 7.74. The fourth-order valence-electron chi connectivity index (χ4n) is 7.76. The number of ether oxygens (including phenoxy) is 2. The molecule has 0 amide bonds. The van der Waals surface area contributed by atoms with Gasteiger partial charge in [-0.05, 0) is 74.9 Å². The summed E-state index contributed by atoms with van der Waals surface area (Å²) >= 11 is 0. The maximum atomic E-state index is 13.3. The van der Waals surface area contributed by atoms with E-state index in [1.807, 2.05) is 0 Å². The van der Waals surface area contributed by atoms with E-state index in [0.717, 1.165) is 79.1 Å². The molecule has 2 bridgehead atoms. The number of hydrogen-bond acceptors (Lipinski definition) is 4. The Morgan fingerprint density at radius 3 is 2.69 bits per heavy atom. The lowest BCUT2D eigenvalue weighted by atomic mass is 9.47. The van der Waals surface area contributed by atoms with Crippen LogP contribution in [0.15, 0.2) is 46.5 Å². The molecule has 2 heterocycles. The lowest BCUT2D eigenvalue weighted by Crippen LogP contribution is -2.50. The van der Waals surface area contributed by atoms with Gasteiger partial charge < -0.3 is 9.47 Å². The number of carbonyl (C=O) groups excluding carboxylic acids is 2. The number of cyclic esters (lactones) is 2. The van der Waals surface area contributed by atoms with Gasteiger partial charge >= 0.3 is 11.9 Å². The van der Waals surface area contributed by atoms with Gasteiger partial charge in [0.15, 0.2) is 0 Å².